The fraction of sp³-hybridized carbons (Fsp3) is 0.150. The molecule has 1 heterocycles. The molecular weight excluding hydrogens is 330 g/mol. The Morgan fingerprint density at radius 3 is 2.38 bits per heavy atom. The standard InChI is InChI=1S/C20H19N3O3/c1-13-18(19(23-26-13)15-5-3-2-4-6-15)14-7-9-16(10-8-14)20(25)22-12-11-17(21)24/h2-10H,11-12H2,1H3,(H2,21,24)(H,22,25). The topological polar surface area (TPSA) is 98.2 Å². The number of carbonyl (C=O) groups excluding carboxylic acids is 2. The van der Waals surface area contributed by atoms with Crippen LogP contribution < -0.4 is 11.1 Å². The zero-order valence-corrected chi connectivity index (χ0v) is 14.4. The van der Waals surface area contributed by atoms with Gasteiger partial charge in [0.2, 0.25) is 5.91 Å². The predicted octanol–water partition coefficient (Wildman–Crippen LogP) is 2.92. The van der Waals surface area contributed by atoms with Crippen LogP contribution in [0.4, 0.5) is 0 Å². The Morgan fingerprint density at radius 1 is 1.04 bits per heavy atom. The third-order valence-corrected chi connectivity index (χ3v) is 4.00. The van der Waals surface area contributed by atoms with E-state index in [0.717, 1.165) is 22.4 Å². The molecule has 1 aromatic heterocycles. The van der Waals surface area contributed by atoms with Gasteiger partial charge in [-0.3, -0.25) is 9.59 Å². The normalized spacial score (nSPS) is 10.5. The van der Waals surface area contributed by atoms with E-state index < -0.39 is 5.91 Å². The highest BCUT2D eigenvalue weighted by molar-refractivity contribution is 5.95. The van der Waals surface area contributed by atoms with Crippen molar-refractivity contribution in [2.24, 2.45) is 5.73 Å². The number of primary amides is 1. The number of nitrogens with two attached hydrogens (primary N) is 1. The van der Waals surface area contributed by atoms with Gasteiger partial charge in [-0.1, -0.05) is 47.6 Å². The number of amides is 2. The summed E-state index contributed by atoms with van der Waals surface area (Å²) in [7, 11) is 0. The van der Waals surface area contributed by atoms with Gasteiger partial charge in [0.1, 0.15) is 11.5 Å². The van der Waals surface area contributed by atoms with Crippen molar-refractivity contribution < 1.29 is 14.1 Å². The van der Waals surface area contributed by atoms with E-state index in [1.807, 2.05) is 49.4 Å². The summed E-state index contributed by atoms with van der Waals surface area (Å²) in [5.74, 6) is 0.0164. The lowest BCUT2D eigenvalue weighted by Crippen LogP contribution is -2.27. The van der Waals surface area contributed by atoms with Crippen LogP contribution in [0.3, 0.4) is 0 Å². The van der Waals surface area contributed by atoms with Crippen LogP contribution >= 0.6 is 0 Å². The summed E-state index contributed by atoms with van der Waals surface area (Å²) in [6, 6.07) is 17.0. The second-order valence-corrected chi connectivity index (χ2v) is 5.88. The quantitative estimate of drug-likeness (QED) is 0.715. The molecule has 2 amide bonds. The lowest BCUT2D eigenvalue weighted by Gasteiger charge is -2.06. The van der Waals surface area contributed by atoms with Crippen molar-refractivity contribution >= 4 is 11.8 Å². The summed E-state index contributed by atoms with van der Waals surface area (Å²) < 4.78 is 5.38. The molecule has 3 N–H and O–H groups in total. The molecule has 2 aromatic carbocycles. The fourth-order valence-electron chi connectivity index (χ4n) is 2.69. The first kappa shape index (κ1) is 17.4. The monoisotopic (exact) mass is 349 g/mol. The van der Waals surface area contributed by atoms with Gasteiger partial charge in [-0.15, -0.1) is 0 Å². The van der Waals surface area contributed by atoms with Crippen LogP contribution in [0, 0.1) is 6.92 Å². The molecule has 6 nitrogen and oxygen atoms in total. The zero-order chi connectivity index (χ0) is 18.5. The summed E-state index contributed by atoms with van der Waals surface area (Å²) in [5.41, 5.74) is 9.11. The second-order valence-electron chi connectivity index (χ2n) is 5.88. The summed E-state index contributed by atoms with van der Waals surface area (Å²) in [5, 5.41) is 6.84. The van der Waals surface area contributed by atoms with Crippen molar-refractivity contribution in [2.45, 2.75) is 13.3 Å². The van der Waals surface area contributed by atoms with Crippen LogP contribution in [0.1, 0.15) is 22.5 Å². The number of aromatic nitrogens is 1. The largest absolute Gasteiger partial charge is 0.370 e. The summed E-state index contributed by atoms with van der Waals surface area (Å²) in [4.78, 5) is 22.8. The third-order valence-electron chi connectivity index (χ3n) is 4.00. The van der Waals surface area contributed by atoms with Crippen molar-refractivity contribution in [3.63, 3.8) is 0 Å². The van der Waals surface area contributed by atoms with E-state index in [1.165, 1.54) is 0 Å². The third kappa shape index (κ3) is 3.80. The van der Waals surface area contributed by atoms with E-state index in [2.05, 4.69) is 10.5 Å². The lowest BCUT2D eigenvalue weighted by atomic mass is 9.98. The smallest absolute Gasteiger partial charge is 0.251 e. The van der Waals surface area contributed by atoms with Crippen LogP contribution in [-0.4, -0.2) is 23.5 Å². The molecule has 26 heavy (non-hydrogen) atoms. The van der Waals surface area contributed by atoms with E-state index in [9.17, 15) is 9.59 Å². The summed E-state index contributed by atoms with van der Waals surface area (Å²) >= 11 is 0. The first-order valence-electron chi connectivity index (χ1n) is 8.25. The molecule has 0 spiro atoms. The van der Waals surface area contributed by atoms with Crippen molar-refractivity contribution in [3.05, 3.63) is 65.9 Å². The van der Waals surface area contributed by atoms with Gasteiger partial charge in [-0.2, -0.15) is 0 Å². The minimum absolute atomic E-state index is 0.115. The van der Waals surface area contributed by atoms with Crippen LogP contribution in [-0.2, 0) is 4.79 Å². The van der Waals surface area contributed by atoms with Crippen LogP contribution in [0.25, 0.3) is 22.4 Å². The number of nitrogens with one attached hydrogen (secondary N) is 1. The molecule has 0 saturated heterocycles. The molecule has 132 valence electrons. The average Bonchev–Trinajstić information content (AvgIpc) is 3.03. The predicted molar refractivity (Wildman–Crippen MR) is 98.3 cm³/mol. The Labute approximate surface area is 151 Å². The molecule has 0 radical (unpaired) electrons. The Morgan fingerprint density at radius 2 is 1.73 bits per heavy atom. The van der Waals surface area contributed by atoms with Gasteiger partial charge in [0.05, 0.1) is 5.56 Å². The number of carbonyl (C=O) groups is 2. The maximum Gasteiger partial charge on any atom is 0.251 e. The second kappa shape index (κ2) is 7.65. The maximum atomic E-state index is 12.1. The highest BCUT2D eigenvalue weighted by Crippen LogP contribution is 2.34. The Kier molecular flexibility index (Phi) is 5.12. The van der Waals surface area contributed by atoms with Gasteiger partial charge < -0.3 is 15.6 Å². The van der Waals surface area contributed by atoms with Crippen molar-refractivity contribution in [2.75, 3.05) is 6.54 Å². The minimum Gasteiger partial charge on any atom is -0.370 e. The molecule has 0 aliphatic rings. The molecular formula is C20H19N3O3. The van der Waals surface area contributed by atoms with Crippen molar-refractivity contribution in [1.29, 1.82) is 0 Å². The van der Waals surface area contributed by atoms with Crippen LogP contribution in [0.5, 0.6) is 0 Å². The molecule has 0 aliphatic carbocycles. The van der Waals surface area contributed by atoms with E-state index in [1.54, 1.807) is 12.1 Å². The van der Waals surface area contributed by atoms with Gasteiger partial charge in [0.25, 0.3) is 5.91 Å². The molecule has 0 aliphatic heterocycles. The molecule has 0 atom stereocenters. The number of nitrogens with zero attached hydrogens (tertiary/aromatic N) is 1. The Bertz CT molecular complexity index is 915. The van der Waals surface area contributed by atoms with Crippen molar-refractivity contribution in [3.8, 4) is 22.4 Å². The number of hydrogen-bond donors (Lipinski definition) is 2. The number of rotatable bonds is 6. The highest BCUT2D eigenvalue weighted by atomic mass is 16.5. The van der Waals surface area contributed by atoms with Gasteiger partial charge >= 0.3 is 0 Å². The van der Waals surface area contributed by atoms with Crippen LogP contribution in [0.15, 0.2) is 59.1 Å². The SMILES string of the molecule is Cc1onc(-c2ccccc2)c1-c1ccc(C(=O)NCCC(N)=O)cc1. The minimum atomic E-state index is -0.447. The number of hydrogen-bond acceptors (Lipinski definition) is 4. The maximum absolute atomic E-state index is 12.1. The van der Waals surface area contributed by atoms with E-state index in [0.29, 0.717) is 11.3 Å². The fourth-order valence-corrected chi connectivity index (χ4v) is 2.69. The number of aryl methyl sites for hydroxylation is 1. The van der Waals surface area contributed by atoms with Crippen molar-refractivity contribution in [1.82, 2.24) is 10.5 Å². The average molecular weight is 349 g/mol. The first-order chi connectivity index (χ1) is 12.6. The van der Waals surface area contributed by atoms with Crippen LogP contribution in [0.2, 0.25) is 0 Å². The summed E-state index contributed by atoms with van der Waals surface area (Å²) in [6.07, 6.45) is 0.115. The molecule has 0 saturated carbocycles. The zero-order valence-electron chi connectivity index (χ0n) is 14.4. The molecule has 0 bridgehead atoms. The molecule has 6 heteroatoms. The highest BCUT2D eigenvalue weighted by Gasteiger charge is 2.17. The molecule has 3 rings (SSSR count). The number of benzene rings is 2. The van der Waals surface area contributed by atoms with Gasteiger partial charge in [-0.05, 0) is 24.6 Å². The Balaban J connectivity index is 1.83. The van der Waals surface area contributed by atoms with E-state index in [4.69, 9.17) is 10.3 Å². The van der Waals surface area contributed by atoms with E-state index >= 15 is 0 Å². The lowest BCUT2D eigenvalue weighted by molar-refractivity contribution is -0.117. The summed E-state index contributed by atoms with van der Waals surface area (Å²) in [6.45, 7) is 2.08. The van der Waals surface area contributed by atoms with E-state index in [-0.39, 0.29) is 18.9 Å². The van der Waals surface area contributed by atoms with Gasteiger partial charge in [0.15, 0.2) is 0 Å². The molecule has 3 aromatic rings. The first-order valence-corrected chi connectivity index (χ1v) is 8.25. The molecule has 0 fully saturated rings. The van der Waals surface area contributed by atoms with Gasteiger partial charge in [0, 0.05) is 24.1 Å². The Hall–Kier alpha value is -3.41. The van der Waals surface area contributed by atoms with Gasteiger partial charge in [-0.25, -0.2) is 0 Å². The molecule has 0 unspecified atom stereocenters.